The van der Waals surface area contributed by atoms with Crippen LogP contribution in [-0.4, -0.2) is 19.2 Å². The molecule has 1 amide bonds. The molecule has 0 saturated heterocycles. The van der Waals surface area contributed by atoms with Crippen molar-refractivity contribution < 1.29 is 14.3 Å². The van der Waals surface area contributed by atoms with Crippen molar-refractivity contribution in [2.45, 2.75) is 6.61 Å². The van der Waals surface area contributed by atoms with Gasteiger partial charge in [0.05, 0.1) is 18.9 Å². The summed E-state index contributed by atoms with van der Waals surface area (Å²) in [7, 11) is 1.52. The lowest BCUT2D eigenvalue weighted by Crippen LogP contribution is -2.18. The highest BCUT2D eigenvalue weighted by molar-refractivity contribution is 9.10. The standard InChI is InChI=1S/C22H18Br2N2O3/c1-28-21-11-10-18(24)12-19(21)22(27)26-25-13-16-4-2-3-5-20(16)29-14-15-6-8-17(23)9-7-15/h2-13H,14H2,1H3,(H,26,27)/b25-13-. The highest BCUT2D eigenvalue weighted by Gasteiger charge is 2.12. The summed E-state index contributed by atoms with van der Waals surface area (Å²) >= 11 is 6.78. The summed E-state index contributed by atoms with van der Waals surface area (Å²) in [6, 6.07) is 20.6. The number of para-hydroxylation sites is 1. The maximum absolute atomic E-state index is 12.4. The molecule has 0 aliphatic rings. The highest BCUT2D eigenvalue weighted by Crippen LogP contribution is 2.23. The highest BCUT2D eigenvalue weighted by atomic mass is 79.9. The number of nitrogens with zero attached hydrogens (tertiary/aromatic N) is 1. The van der Waals surface area contributed by atoms with Gasteiger partial charge in [0.15, 0.2) is 0 Å². The molecule has 3 aromatic carbocycles. The van der Waals surface area contributed by atoms with Gasteiger partial charge in [-0.3, -0.25) is 4.79 Å². The number of halogens is 2. The molecule has 3 rings (SSSR count). The molecule has 29 heavy (non-hydrogen) atoms. The SMILES string of the molecule is COc1ccc(Br)cc1C(=O)N/N=C\c1ccccc1OCc1ccc(Br)cc1. The van der Waals surface area contributed by atoms with Gasteiger partial charge in [-0.1, -0.05) is 56.1 Å². The van der Waals surface area contributed by atoms with Gasteiger partial charge in [0.1, 0.15) is 18.1 Å². The number of benzene rings is 3. The molecular formula is C22H18Br2N2O3. The third-order valence-corrected chi connectivity index (χ3v) is 5.02. The molecule has 0 bridgehead atoms. The van der Waals surface area contributed by atoms with Crippen molar-refractivity contribution in [3.05, 3.63) is 92.4 Å². The van der Waals surface area contributed by atoms with Crippen LogP contribution in [0.3, 0.4) is 0 Å². The Hall–Kier alpha value is -2.64. The number of carbonyl (C=O) groups is 1. The quantitative estimate of drug-likeness (QED) is 0.329. The fourth-order valence-corrected chi connectivity index (χ4v) is 3.16. The molecule has 3 aromatic rings. The van der Waals surface area contributed by atoms with Crippen molar-refractivity contribution in [3.8, 4) is 11.5 Å². The third kappa shape index (κ3) is 5.92. The number of hydrazone groups is 1. The minimum Gasteiger partial charge on any atom is -0.496 e. The van der Waals surface area contributed by atoms with Crippen LogP contribution < -0.4 is 14.9 Å². The van der Waals surface area contributed by atoms with E-state index < -0.39 is 0 Å². The van der Waals surface area contributed by atoms with Crippen molar-refractivity contribution in [3.63, 3.8) is 0 Å². The Morgan fingerprint density at radius 2 is 1.72 bits per heavy atom. The average Bonchev–Trinajstić information content (AvgIpc) is 2.74. The zero-order chi connectivity index (χ0) is 20.6. The number of hydrogen-bond donors (Lipinski definition) is 1. The summed E-state index contributed by atoms with van der Waals surface area (Å²) in [6.07, 6.45) is 1.55. The summed E-state index contributed by atoms with van der Waals surface area (Å²) in [5.41, 5.74) is 4.72. The van der Waals surface area contributed by atoms with E-state index in [1.165, 1.54) is 7.11 Å². The van der Waals surface area contributed by atoms with Gasteiger partial charge < -0.3 is 9.47 Å². The van der Waals surface area contributed by atoms with E-state index in [1.54, 1.807) is 24.4 Å². The largest absolute Gasteiger partial charge is 0.496 e. The van der Waals surface area contributed by atoms with Gasteiger partial charge in [0.2, 0.25) is 0 Å². The monoisotopic (exact) mass is 516 g/mol. The molecule has 0 aliphatic carbocycles. The van der Waals surface area contributed by atoms with Crippen LogP contribution in [0.25, 0.3) is 0 Å². The van der Waals surface area contributed by atoms with Crippen LogP contribution in [0.2, 0.25) is 0 Å². The fraction of sp³-hybridized carbons (Fsp3) is 0.0909. The van der Waals surface area contributed by atoms with Crippen LogP contribution in [0.4, 0.5) is 0 Å². The maximum atomic E-state index is 12.4. The molecule has 0 atom stereocenters. The minimum absolute atomic E-state index is 0.368. The second-order valence-electron chi connectivity index (χ2n) is 6.00. The number of ether oxygens (including phenoxy) is 2. The summed E-state index contributed by atoms with van der Waals surface area (Å²) in [4.78, 5) is 12.4. The predicted octanol–water partition coefficient (Wildman–Crippen LogP) is 5.56. The van der Waals surface area contributed by atoms with Gasteiger partial charge in [-0.05, 0) is 48.0 Å². The first-order valence-corrected chi connectivity index (χ1v) is 10.3. The van der Waals surface area contributed by atoms with Crippen molar-refractivity contribution in [2.24, 2.45) is 5.10 Å². The van der Waals surface area contributed by atoms with Crippen LogP contribution in [0.1, 0.15) is 21.5 Å². The third-order valence-electron chi connectivity index (χ3n) is 4.00. The first-order chi connectivity index (χ1) is 14.1. The molecule has 148 valence electrons. The molecule has 0 saturated carbocycles. The lowest BCUT2D eigenvalue weighted by atomic mass is 10.2. The average molecular weight is 518 g/mol. The van der Waals surface area contributed by atoms with Crippen molar-refractivity contribution >= 4 is 44.0 Å². The number of rotatable bonds is 7. The first-order valence-electron chi connectivity index (χ1n) is 8.70. The van der Waals surface area contributed by atoms with Gasteiger partial charge in [0.25, 0.3) is 5.91 Å². The topological polar surface area (TPSA) is 59.9 Å². The van der Waals surface area contributed by atoms with Crippen LogP contribution in [0.5, 0.6) is 11.5 Å². The Balaban J connectivity index is 1.67. The van der Waals surface area contributed by atoms with Gasteiger partial charge in [0, 0.05) is 14.5 Å². The van der Waals surface area contributed by atoms with E-state index in [1.807, 2.05) is 48.5 Å². The van der Waals surface area contributed by atoms with Crippen molar-refractivity contribution in [2.75, 3.05) is 7.11 Å². The van der Waals surface area contributed by atoms with Crippen LogP contribution in [-0.2, 0) is 6.61 Å². The Labute approximate surface area is 186 Å². The van der Waals surface area contributed by atoms with E-state index in [2.05, 4.69) is 42.4 Å². The van der Waals surface area contributed by atoms with Gasteiger partial charge in [-0.2, -0.15) is 5.10 Å². The van der Waals surface area contributed by atoms with Crippen molar-refractivity contribution in [1.82, 2.24) is 5.43 Å². The molecule has 0 aliphatic heterocycles. The molecule has 1 N–H and O–H groups in total. The second-order valence-corrected chi connectivity index (χ2v) is 7.83. The van der Waals surface area contributed by atoms with Gasteiger partial charge in [-0.25, -0.2) is 5.43 Å². The molecule has 0 radical (unpaired) electrons. The van der Waals surface area contributed by atoms with Crippen LogP contribution in [0, 0.1) is 0 Å². The normalized spacial score (nSPS) is 10.7. The molecule has 5 nitrogen and oxygen atoms in total. The number of nitrogens with one attached hydrogen (secondary N) is 1. The summed E-state index contributed by atoms with van der Waals surface area (Å²) in [6.45, 7) is 0.430. The lowest BCUT2D eigenvalue weighted by Gasteiger charge is -2.09. The molecule has 0 fully saturated rings. The minimum atomic E-state index is -0.368. The van der Waals surface area contributed by atoms with E-state index in [-0.39, 0.29) is 5.91 Å². The summed E-state index contributed by atoms with van der Waals surface area (Å²) in [5, 5.41) is 4.07. The van der Waals surface area contributed by atoms with Crippen LogP contribution >= 0.6 is 31.9 Å². The maximum Gasteiger partial charge on any atom is 0.275 e. The summed E-state index contributed by atoms with van der Waals surface area (Å²) < 4.78 is 12.9. The van der Waals surface area contributed by atoms with E-state index >= 15 is 0 Å². The Bertz CT molecular complexity index is 1020. The molecule has 0 aromatic heterocycles. The molecule has 0 unspecified atom stereocenters. The molecule has 0 heterocycles. The van der Waals surface area contributed by atoms with Crippen molar-refractivity contribution in [1.29, 1.82) is 0 Å². The number of hydrogen-bond acceptors (Lipinski definition) is 4. The first kappa shape index (κ1) is 21.1. The second kappa shape index (κ2) is 10.2. The number of amides is 1. The molecule has 7 heteroatoms. The number of carbonyl (C=O) groups excluding carboxylic acids is 1. The predicted molar refractivity (Wildman–Crippen MR) is 121 cm³/mol. The Morgan fingerprint density at radius 3 is 2.48 bits per heavy atom. The Morgan fingerprint density at radius 1 is 1.00 bits per heavy atom. The lowest BCUT2D eigenvalue weighted by molar-refractivity contribution is 0.0952. The zero-order valence-corrected chi connectivity index (χ0v) is 18.7. The van der Waals surface area contributed by atoms with E-state index in [4.69, 9.17) is 9.47 Å². The molecular weight excluding hydrogens is 500 g/mol. The smallest absolute Gasteiger partial charge is 0.275 e. The Kier molecular flexibility index (Phi) is 7.43. The number of methoxy groups -OCH3 is 1. The van der Waals surface area contributed by atoms with E-state index in [9.17, 15) is 4.79 Å². The zero-order valence-electron chi connectivity index (χ0n) is 15.6. The fourth-order valence-electron chi connectivity index (χ4n) is 2.54. The van der Waals surface area contributed by atoms with E-state index in [0.29, 0.717) is 23.7 Å². The summed E-state index contributed by atoms with van der Waals surface area (Å²) in [5.74, 6) is 0.778. The van der Waals surface area contributed by atoms with Gasteiger partial charge >= 0.3 is 0 Å². The van der Waals surface area contributed by atoms with E-state index in [0.717, 1.165) is 20.1 Å². The molecule has 0 spiro atoms. The van der Waals surface area contributed by atoms with Crippen LogP contribution in [0.15, 0.2) is 80.8 Å². The van der Waals surface area contributed by atoms with Gasteiger partial charge in [-0.15, -0.1) is 0 Å².